The van der Waals surface area contributed by atoms with E-state index in [4.69, 9.17) is 0 Å². The first kappa shape index (κ1) is 14.7. The quantitative estimate of drug-likeness (QED) is 0.853. The Morgan fingerprint density at radius 1 is 1.17 bits per heavy atom. The van der Waals surface area contributed by atoms with Crippen molar-refractivity contribution in [2.24, 2.45) is 0 Å². The van der Waals surface area contributed by atoms with Crippen LogP contribution in [-0.2, 0) is 11.3 Å². The predicted molar refractivity (Wildman–Crippen MR) is 89.1 cm³/mol. The van der Waals surface area contributed by atoms with Crippen molar-refractivity contribution < 1.29 is 9.18 Å². The Kier molecular flexibility index (Phi) is 3.46. The minimum Gasteiger partial charge on any atom is -0.358 e. The molecule has 0 aromatic heterocycles. The van der Waals surface area contributed by atoms with Crippen molar-refractivity contribution in [3.8, 4) is 6.07 Å². The van der Waals surface area contributed by atoms with Crippen LogP contribution in [0.4, 0.5) is 15.8 Å². The van der Waals surface area contributed by atoms with Crippen LogP contribution >= 0.6 is 0 Å². The zero-order valence-electron chi connectivity index (χ0n) is 13.1. The highest BCUT2D eigenvalue weighted by Crippen LogP contribution is 2.41. The monoisotopic (exact) mass is 321 g/mol. The van der Waals surface area contributed by atoms with Gasteiger partial charge in [-0.1, -0.05) is 12.1 Å². The summed E-state index contributed by atoms with van der Waals surface area (Å²) in [6.45, 7) is 1.24. The second-order valence-corrected chi connectivity index (χ2v) is 6.22. The molecule has 4 rings (SSSR count). The van der Waals surface area contributed by atoms with E-state index in [1.54, 1.807) is 29.2 Å². The summed E-state index contributed by atoms with van der Waals surface area (Å²) in [7, 11) is 0. The Morgan fingerprint density at radius 2 is 1.96 bits per heavy atom. The van der Waals surface area contributed by atoms with Crippen molar-refractivity contribution in [1.29, 1.82) is 5.26 Å². The Balaban J connectivity index is 1.78. The van der Waals surface area contributed by atoms with Gasteiger partial charge in [0.15, 0.2) is 0 Å². The smallest absolute Gasteiger partial charge is 0.250 e. The number of halogens is 1. The zero-order valence-corrected chi connectivity index (χ0v) is 13.1. The van der Waals surface area contributed by atoms with Gasteiger partial charge in [-0.05, 0) is 48.7 Å². The lowest BCUT2D eigenvalue weighted by atomic mass is 10.0. The van der Waals surface area contributed by atoms with Gasteiger partial charge in [0, 0.05) is 6.54 Å². The molecule has 1 amide bonds. The molecule has 1 unspecified atom stereocenters. The van der Waals surface area contributed by atoms with Gasteiger partial charge in [0.25, 0.3) is 0 Å². The minimum atomic E-state index is -0.294. The Hall–Kier alpha value is -2.87. The SMILES string of the molecule is N#Cc1ccc2c(c1)N(Cc1ccc(F)cc1)C(=O)C1CCCN21. The van der Waals surface area contributed by atoms with Crippen molar-refractivity contribution in [3.63, 3.8) is 0 Å². The van der Waals surface area contributed by atoms with Gasteiger partial charge in [0.1, 0.15) is 11.9 Å². The van der Waals surface area contributed by atoms with Crippen molar-refractivity contribution >= 4 is 17.3 Å². The first-order chi connectivity index (χ1) is 11.7. The van der Waals surface area contributed by atoms with E-state index in [-0.39, 0.29) is 17.8 Å². The van der Waals surface area contributed by atoms with Crippen LogP contribution in [0.2, 0.25) is 0 Å². The van der Waals surface area contributed by atoms with Crippen LogP contribution in [0.15, 0.2) is 42.5 Å². The number of hydrogen-bond donors (Lipinski definition) is 0. The number of hydrogen-bond acceptors (Lipinski definition) is 3. The molecule has 1 atom stereocenters. The second-order valence-electron chi connectivity index (χ2n) is 6.22. The average Bonchev–Trinajstić information content (AvgIpc) is 3.10. The number of fused-ring (bicyclic) bond motifs is 3. The molecule has 4 nitrogen and oxygen atoms in total. The van der Waals surface area contributed by atoms with Crippen molar-refractivity contribution in [1.82, 2.24) is 0 Å². The number of carbonyl (C=O) groups is 1. The molecule has 2 aromatic rings. The molecule has 0 bridgehead atoms. The van der Waals surface area contributed by atoms with Gasteiger partial charge in [-0.2, -0.15) is 5.26 Å². The lowest BCUT2D eigenvalue weighted by Gasteiger charge is -2.39. The number of nitrogens with zero attached hydrogens (tertiary/aromatic N) is 3. The van der Waals surface area contributed by atoms with Crippen molar-refractivity contribution in [2.75, 3.05) is 16.3 Å². The summed E-state index contributed by atoms with van der Waals surface area (Å²) in [5.41, 5.74) is 3.16. The zero-order chi connectivity index (χ0) is 16.7. The lowest BCUT2D eigenvalue weighted by molar-refractivity contribution is -0.120. The molecule has 0 aliphatic carbocycles. The van der Waals surface area contributed by atoms with Crippen molar-refractivity contribution in [3.05, 3.63) is 59.4 Å². The van der Waals surface area contributed by atoms with Gasteiger partial charge in [0.2, 0.25) is 5.91 Å². The third-order valence-corrected chi connectivity index (χ3v) is 4.76. The van der Waals surface area contributed by atoms with Crippen LogP contribution in [0.1, 0.15) is 24.0 Å². The van der Waals surface area contributed by atoms with Gasteiger partial charge in [-0.15, -0.1) is 0 Å². The fourth-order valence-electron chi connectivity index (χ4n) is 3.60. The fourth-order valence-corrected chi connectivity index (χ4v) is 3.60. The summed E-state index contributed by atoms with van der Waals surface area (Å²) in [6, 6.07) is 13.7. The second kappa shape index (κ2) is 5.64. The van der Waals surface area contributed by atoms with E-state index in [2.05, 4.69) is 11.0 Å². The number of amides is 1. The summed E-state index contributed by atoms with van der Waals surface area (Å²) in [4.78, 5) is 16.8. The highest BCUT2D eigenvalue weighted by atomic mass is 19.1. The van der Waals surface area contributed by atoms with E-state index in [9.17, 15) is 14.4 Å². The topological polar surface area (TPSA) is 47.3 Å². The van der Waals surface area contributed by atoms with Crippen LogP contribution in [0.5, 0.6) is 0 Å². The van der Waals surface area contributed by atoms with Gasteiger partial charge in [-0.3, -0.25) is 4.79 Å². The highest BCUT2D eigenvalue weighted by Gasteiger charge is 2.40. The molecule has 1 fully saturated rings. The van der Waals surface area contributed by atoms with Crippen LogP contribution in [-0.4, -0.2) is 18.5 Å². The maximum atomic E-state index is 13.1. The molecule has 2 aliphatic heterocycles. The normalized spacial score (nSPS) is 19.0. The van der Waals surface area contributed by atoms with E-state index in [0.29, 0.717) is 12.1 Å². The Morgan fingerprint density at radius 3 is 2.71 bits per heavy atom. The maximum Gasteiger partial charge on any atom is 0.250 e. The van der Waals surface area contributed by atoms with Gasteiger partial charge in [0.05, 0.1) is 29.6 Å². The summed E-state index contributed by atoms with van der Waals surface area (Å²) in [6.07, 6.45) is 1.83. The van der Waals surface area contributed by atoms with Crippen molar-refractivity contribution in [2.45, 2.75) is 25.4 Å². The first-order valence-corrected chi connectivity index (χ1v) is 8.04. The minimum absolute atomic E-state index is 0.0550. The molecule has 2 aromatic carbocycles. The summed E-state index contributed by atoms with van der Waals surface area (Å²) < 4.78 is 13.1. The van der Waals surface area contributed by atoms with Crippen LogP contribution < -0.4 is 9.80 Å². The molecular weight excluding hydrogens is 305 g/mol. The lowest BCUT2D eigenvalue weighted by Crippen LogP contribution is -2.50. The average molecular weight is 321 g/mol. The fraction of sp³-hybridized carbons (Fsp3) is 0.263. The standard InChI is InChI=1S/C19H16FN3O/c20-15-6-3-13(4-7-15)12-23-18-10-14(11-21)5-8-16(18)22-9-1-2-17(22)19(23)24/h3-8,10,17H,1-2,9,12H2. The third-order valence-electron chi connectivity index (χ3n) is 4.76. The van der Waals surface area contributed by atoms with Gasteiger partial charge < -0.3 is 9.80 Å². The summed E-state index contributed by atoms with van der Waals surface area (Å²) in [5.74, 6) is -0.239. The largest absolute Gasteiger partial charge is 0.358 e. The Bertz CT molecular complexity index is 841. The predicted octanol–water partition coefficient (Wildman–Crippen LogP) is 3.21. The van der Waals surface area contributed by atoms with E-state index in [1.807, 2.05) is 6.07 Å². The van der Waals surface area contributed by atoms with Crippen LogP contribution in [0.25, 0.3) is 0 Å². The molecular formula is C19H16FN3O. The molecule has 0 N–H and O–H groups in total. The van der Waals surface area contributed by atoms with Crippen LogP contribution in [0.3, 0.4) is 0 Å². The van der Waals surface area contributed by atoms with E-state index in [1.165, 1.54) is 12.1 Å². The first-order valence-electron chi connectivity index (χ1n) is 8.04. The van der Waals surface area contributed by atoms with E-state index < -0.39 is 0 Å². The molecule has 120 valence electrons. The van der Waals surface area contributed by atoms with E-state index in [0.717, 1.165) is 36.3 Å². The Labute approximate surface area is 139 Å². The number of nitriles is 1. The molecule has 0 spiro atoms. The molecule has 1 saturated heterocycles. The molecule has 2 aliphatic rings. The number of rotatable bonds is 2. The number of anilines is 2. The molecule has 0 saturated carbocycles. The van der Waals surface area contributed by atoms with Crippen LogP contribution in [0, 0.1) is 17.1 Å². The number of carbonyl (C=O) groups excluding carboxylic acids is 1. The number of benzene rings is 2. The molecule has 24 heavy (non-hydrogen) atoms. The van der Waals surface area contributed by atoms with Gasteiger partial charge in [-0.25, -0.2) is 4.39 Å². The van der Waals surface area contributed by atoms with Gasteiger partial charge >= 0.3 is 0 Å². The molecule has 2 heterocycles. The summed E-state index contributed by atoms with van der Waals surface area (Å²) >= 11 is 0. The molecule has 5 heteroatoms. The highest BCUT2D eigenvalue weighted by molar-refractivity contribution is 6.06. The summed E-state index contributed by atoms with van der Waals surface area (Å²) in [5, 5.41) is 9.19. The molecule has 0 radical (unpaired) electrons. The van der Waals surface area contributed by atoms with E-state index >= 15 is 0 Å². The third kappa shape index (κ3) is 2.31. The maximum absolute atomic E-state index is 13.1.